The monoisotopic (exact) mass is 376 g/mol. The van der Waals surface area contributed by atoms with Crippen LogP contribution < -0.4 is 10.6 Å². The lowest BCUT2D eigenvalue weighted by Gasteiger charge is -2.21. The van der Waals surface area contributed by atoms with Crippen LogP contribution in [0.4, 0.5) is 0 Å². The molecule has 8 heteroatoms. The van der Waals surface area contributed by atoms with E-state index in [9.17, 15) is 9.59 Å². The highest BCUT2D eigenvalue weighted by Crippen LogP contribution is 2.38. The third-order valence-corrected chi connectivity index (χ3v) is 4.43. The van der Waals surface area contributed by atoms with Gasteiger partial charge in [-0.1, -0.05) is 30.6 Å². The Hall–Kier alpha value is -2.41. The molecule has 2 N–H and O–H groups in total. The SMILES string of the molecule is CC(C)C(NC(=O)c1ccc(Cl)cc1)C(=O)NCc1nc(C2CC2)no1. The lowest BCUT2D eigenvalue weighted by Crippen LogP contribution is -2.49. The second-order valence-corrected chi connectivity index (χ2v) is 7.18. The first kappa shape index (κ1) is 18.4. The van der Waals surface area contributed by atoms with Gasteiger partial charge < -0.3 is 15.2 Å². The van der Waals surface area contributed by atoms with Gasteiger partial charge in [-0.05, 0) is 43.0 Å². The van der Waals surface area contributed by atoms with Crippen molar-refractivity contribution in [1.82, 2.24) is 20.8 Å². The van der Waals surface area contributed by atoms with Crippen LogP contribution in [-0.4, -0.2) is 28.0 Å². The molecule has 0 radical (unpaired) electrons. The molecule has 26 heavy (non-hydrogen) atoms. The van der Waals surface area contributed by atoms with Crippen molar-refractivity contribution in [2.45, 2.75) is 45.2 Å². The predicted octanol–water partition coefficient (Wildman–Crippen LogP) is 2.67. The molecule has 1 aromatic heterocycles. The smallest absolute Gasteiger partial charge is 0.251 e. The molecule has 7 nitrogen and oxygen atoms in total. The topological polar surface area (TPSA) is 97.1 Å². The number of nitrogens with one attached hydrogen (secondary N) is 2. The zero-order valence-electron chi connectivity index (χ0n) is 14.7. The summed E-state index contributed by atoms with van der Waals surface area (Å²) in [5, 5.41) is 9.97. The Morgan fingerprint density at radius 3 is 2.58 bits per heavy atom. The number of hydrogen-bond acceptors (Lipinski definition) is 5. The summed E-state index contributed by atoms with van der Waals surface area (Å²) < 4.78 is 5.14. The highest BCUT2D eigenvalue weighted by Gasteiger charge is 2.29. The van der Waals surface area contributed by atoms with Crippen LogP contribution in [0.1, 0.15) is 54.7 Å². The van der Waals surface area contributed by atoms with Gasteiger partial charge >= 0.3 is 0 Å². The van der Waals surface area contributed by atoms with E-state index in [0.29, 0.717) is 28.2 Å². The van der Waals surface area contributed by atoms with Crippen molar-refractivity contribution >= 4 is 23.4 Å². The standard InChI is InChI=1S/C18H21ClN4O3/c1-10(2)15(22-17(24)12-5-7-13(19)8-6-12)18(25)20-9-14-21-16(23-26-14)11-3-4-11/h5-8,10-11,15H,3-4,9H2,1-2H3,(H,20,25)(H,22,24). The average molecular weight is 377 g/mol. The molecule has 3 rings (SSSR count). The van der Waals surface area contributed by atoms with Gasteiger partial charge in [0.25, 0.3) is 5.91 Å². The lowest BCUT2D eigenvalue weighted by atomic mass is 10.0. The van der Waals surface area contributed by atoms with Crippen LogP contribution in [0.25, 0.3) is 0 Å². The molecule has 0 spiro atoms. The van der Waals surface area contributed by atoms with E-state index in [4.69, 9.17) is 16.1 Å². The summed E-state index contributed by atoms with van der Waals surface area (Å²) in [5.41, 5.74) is 0.443. The molecule has 0 saturated heterocycles. The summed E-state index contributed by atoms with van der Waals surface area (Å²) in [4.78, 5) is 29.1. The van der Waals surface area contributed by atoms with Crippen molar-refractivity contribution in [3.05, 3.63) is 46.6 Å². The molecular weight excluding hydrogens is 356 g/mol. The fourth-order valence-corrected chi connectivity index (χ4v) is 2.61. The third kappa shape index (κ3) is 4.60. The maximum Gasteiger partial charge on any atom is 0.251 e. The summed E-state index contributed by atoms with van der Waals surface area (Å²) in [6.45, 7) is 3.87. The zero-order chi connectivity index (χ0) is 18.7. The minimum atomic E-state index is -0.677. The molecular formula is C18H21ClN4O3. The zero-order valence-corrected chi connectivity index (χ0v) is 15.4. The van der Waals surface area contributed by atoms with Gasteiger partial charge in [0.2, 0.25) is 11.8 Å². The van der Waals surface area contributed by atoms with Crippen LogP contribution in [0.15, 0.2) is 28.8 Å². The van der Waals surface area contributed by atoms with Gasteiger partial charge in [0.05, 0.1) is 6.54 Å². The molecule has 1 heterocycles. The lowest BCUT2D eigenvalue weighted by molar-refractivity contribution is -0.124. The van der Waals surface area contributed by atoms with Crippen molar-refractivity contribution in [3.8, 4) is 0 Å². The normalized spacial score (nSPS) is 14.9. The Morgan fingerprint density at radius 2 is 1.96 bits per heavy atom. The molecule has 2 amide bonds. The number of carbonyl (C=O) groups excluding carboxylic acids is 2. The van der Waals surface area contributed by atoms with Crippen molar-refractivity contribution in [2.24, 2.45) is 5.92 Å². The minimum absolute atomic E-state index is 0.0871. The first-order valence-electron chi connectivity index (χ1n) is 8.60. The van der Waals surface area contributed by atoms with E-state index in [1.165, 1.54) is 0 Å². The second-order valence-electron chi connectivity index (χ2n) is 6.74. The molecule has 0 bridgehead atoms. The van der Waals surface area contributed by atoms with Crippen molar-refractivity contribution in [1.29, 1.82) is 0 Å². The fourth-order valence-electron chi connectivity index (χ4n) is 2.48. The number of rotatable bonds is 7. The van der Waals surface area contributed by atoms with E-state index in [1.54, 1.807) is 24.3 Å². The fraction of sp³-hybridized carbons (Fsp3) is 0.444. The van der Waals surface area contributed by atoms with Gasteiger partial charge in [-0.25, -0.2) is 0 Å². The van der Waals surface area contributed by atoms with Crippen LogP contribution in [0, 0.1) is 5.92 Å². The van der Waals surface area contributed by atoms with E-state index < -0.39 is 6.04 Å². The molecule has 1 saturated carbocycles. The summed E-state index contributed by atoms with van der Waals surface area (Å²) in [6.07, 6.45) is 2.16. The number of aromatic nitrogens is 2. The van der Waals surface area contributed by atoms with Crippen LogP contribution >= 0.6 is 11.6 Å². The Balaban J connectivity index is 1.57. The second kappa shape index (κ2) is 7.86. The van der Waals surface area contributed by atoms with Crippen LogP contribution in [-0.2, 0) is 11.3 Å². The van der Waals surface area contributed by atoms with Gasteiger partial charge in [-0.15, -0.1) is 0 Å². The van der Waals surface area contributed by atoms with E-state index in [0.717, 1.165) is 12.8 Å². The van der Waals surface area contributed by atoms with Crippen LogP contribution in [0.2, 0.25) is 5.02 Å². The van der Waals surface area contributed by atoms with E-state index in [2.05, 4.69) is 20.8 Å². The van der Waals surface area contributed by atoms with Crippen LogP contribution in [0.5, 0.6) is 0 Å². The predicted molar refractivity (Wildman–Crippen MR) is 95.7 cm³/mol. The minimum Gasteiger partial charge on any atom is -0.345 e. The van der Waals surface area contributed by atoms with E-state index in [1.807, 2.05) is 13.8 Å². The van der Waals surface area contributed by atoms with Crippen molar-refractivity contribution in [3.63, 3.8) is 0 Å². The first-order chi connectivity index (χ1) is 12.4. The Morgan fingerprint density at radius 1 is 1.27 bits per heavy atom. The number of halogens is 1. The molecule has 1 aliphatic rings. The van der Waals surface area contributed by atoms with Gasteiger partial charge in [0, 0.05) is 16.5 Å². The van der Waals surface area contributed by atoms with Gasteiger partial charge in [0.15, 0.2) is 5.82 Å². The largest absolute Gasteiger partial charge is 0.345 e. The number of benzene rings is 1. The first-order valence-corrected chi connectivity index (χ1v) is 8.98. The van der Waals surface area contributed by atoms with Gasteiger partial charge in [-0.2, -0.15) is 4.98 Å². The van der Waals surface area contributed by atoms with E-state index in [-0.39, 0.29) is 24.3 Å². The number of carbonyl (C=O) groups is 2. The molecule has 2 aromatic rings. The highest BCUT2D eigenvalue weighted by atomic mass is 35.5. The molecule has 1 aliphatic carbocycles. The number of hydrogen-bond donors (Lipinski definition) is 2. The summed E-state index contributed by atoms with van der Waals surface area (Å²) >= 11 is 5.83. The molecule has 1 unspecified atom stereocenters. The Kier molecular flexibility index (Phi) is 5.56. The summed E-state index contributed by atoms with van der Waals surface area (Å²) in [7, 11) is 0. The van der Waals surface area contributed by atoms with E-state index >= 15 is 0 Å². The van der Waals surface area contributed by atoms with Gasteiger partial charge in [-0.3, -0.25) is 9.59 Å². The Labute approximate surface area is 156 Å². The quantitative estimate of drug-likeness (QED) is 0.774. The van der Waals surface area contributed by atoms with Crippen molar-refractivity contribution < 1.29 is 14.1 Å². The molecule has 1 fully saturated rings. The number of amides is 2. The summed E-state index contributed by atoms with van der Waals surface area (Å²) in [6, 6.07) is 5.82. The number of nitrogens with zero attached hydrogens (tertiary/aromatic N) is 2. The van der Waals surface area contributed by atoms with Gasteiger partial charge in [0.1, 0.15) is 6.04 Å². The highest BCUT2D eigenvalue weighted by molar-refractivity contribution is 6.30. The van der Waals surface area contributed by atoms with Crippen LogP contribution in [0.3, 0.4) is 0 Å². The maximum atomic E-state index is 12.5. The van der Waals surface area contributed by atoms with Crippen molar-refractivity contribution in [2.75, 3.05) is 0 Å². The third-order valence-electron chi connectivity index (χ3n) is 4.18. The molecule has 138 valence electrons. The Bertz CT molecular complexity index is 784. The molecule has 1 atom stereocenters. The molecule has 0 aliphatic heterocycles. The summed E-state index contributed by atoms with van der Waals surface area (Å²) in [5.74, 6) is 0.747. The average Bonchev–Trinajstić information content (AvgIpc) is 3.36. The molecule has 1 aromatic carbocycles. The maximum absolute atomic E-state index is 12.5.